The number of ether oxygens (including phenoxy) is 1. The summed E-state index contributed by atoms with van der Waals surface area (Å²) in [5.74, 6) is 0.542. The van der Waals surface area contributed by atoms with Gasteiger partial charge in [-0.2, -0.15) is 18.9 Å². The quantitative estimate of drug-likeness (QED) is 0.566. The first kappa shape index (κ1) is 17.4. The number of benzene rings is 1. The number of alkyl halides is 2. The van der Waals surface area contributed by atoms with Crippen LogP contribution in [0.25, 0.3) is 5.70 Å². The number of nitrogens with zero attached hydrogens (tertiary/aromatic N) is 3. The van der Waals surface area contributed by atoms with E-state index < -0.39 is 12.7 Å². The van der Waals surface area contributed by atoms with Crippen molar-refractivity contribution in [3.05, 3.63) is 62.0 Å². The predicted molar refractivity (Wildman–Crippen MR) is 99.9 cm³/mol. The molecule has 0 amide bonds. The molecule has 4 rings (SSSR count). The van der Waals surface area contributed by atoms with Crippen LogP contribution < -0.4 is 10.1 Å². The number of fused-ring (bicyclic) bond motifs is 1. The van der Waals surface area contributed by atoms with Gasteiger partial charge in [-0.05, 0) is 52.3 Å². The van der Waals surface area contributed by atoms with Crippen LogP contribution in [0, 0.1) is 0 Å². The van der Waals surface area contributed by atoms with Crippen LogP contribution in [0.4, 0.5) is 14.7 Å². The lowest BCUT2D eigenvalue weighted by Crippen LogP contribution is -2.21. The summed E-state index contributed by atoms with van der Waals surface area (Å²) in [7, 11) is 0. The molecule has 0 aliphatic carbocycles. The number of allylic oxidation sites excluding steroid dienone is 1. The van der Waals surface area contributed by atoms with Gasteiger partial charge in [0.1, 0.15) is 18.1 Å². The molecule has 1 aliphatic heterocycles. The zero-order valence-corrected chi connectivity index (χ0v) is 16.0. The molecule has 26 heavy (non-hydrogen) atoms. The predicted octanol–water partition coefficient (Wildman–Crippen LogP) is 5.41. The lowest BCUT2D eigenvalue weighted by molar-refractivity contribution is -0.0506. The minimum Gasteiger partial charge on any atom is -0.434 e. The third kappa shape index (κ3) is 3.34. The normalized spacial score (nSPS) is 16.2. The minimum atomic E-state index is -2.94. The smallest absolute Gasteiger partial charge is 0.387 e. The van der Waals surface area contributed by atoms with Gasteiger partial charge in [0.25, 0.3) is 0 Å². The highest BCUT2D eigenvalue weighted by Crippen LogP contribution is 2.39. The summed E-state index contributed by atoms with van der Waals surface area (Å²) in [5.41, 5.74) is 1.27. The Morgan fingerprint density at radius 3 is 2.88 bits per heavy atom. The second kappa shape index (κ2) is 6.98. The number of anilines is 1. The van der Waals surface area contributed by atoms with Crippen molar-refractivity contribution in [2.75, 3.05) is 5.32 Å². The molecule has 0 spiro atoms. The number of hydrogen-bond donors (Lipinski definition) is 1. The first-order valence-electron chi connectivity index (χ1n) is 7.39. The molecule has 1 aromatic carbocycles. The zero-order valence-electron chi connectivity index (χ0n) is 12.9. The Hall–Kier alpha value is -1.97. The summed E-state index contributed by atoms with van der Waals surface area (Å²) in [4.78, 5) is 5.17. The highest BCUT2D eigenvalue weighted by atomic mass is 79.9. The maximum Gasteiger partial charge on any atom is 0.387 e. The lowest BCUT2D eigenvalue weighted by atomic mass is 10.0. The third-order valence-electron chi connectivity index (χ3n) is 3.75. The molecule has 1 N–H and O–H groups in total. The fourth-order valence-electron chi connectivity index (χ4n) is 2.71. The van der Waals surface area contributed by atoms with Crippen LogP contribution >= 0.6 is 38.9 Å². The summed E-state index contributed by atoms with van der Waals surface area (Å²) >= 11 is 11.1. The minimum absolute atomic E-state index is 0.0423. The van der Waals surface area contributed by atoms with Crippen molar-refractivity contribution < 1.29 is 13.5 Å². The average Bonchev–Trinajstić information content (AvgIpc) is 3.23. The number of aromatic nitrogens is 3. The molecular formula is C16H10BrClF2N4OS. The van der Waals surface area contributed by atoms with Crippen LogP contribution in [-0.2, 0) is 0 Å². The number of halogens is 4. The van der Waals surface area contributed by atoms with Gasteiger partial charge in [-0.1, -0.05) is 11.6 Å². The van der Waals surface area contributed by atoms with E-state index in [0.29, 0.717) is 16.5 Å². The second-order valence-corrected chi connectivity index (χ2v) is 8.24. The summed E-state index contributed by atoms with van der Waals surface area (Å²) < 4.78 is 32.9. The highest BCUT2D eigenvalue weighted by molar-refractivity contribution is 9.11. The maximum absolute atomic E-state index is 12.8. The van der Waals surface area contributed by atoms with Gasteiger partial charge < -0.3 is 10.1 Å². The number of hydrogen-bond acceptors (Lipinski definition) is 5. The van der Waals surface area contributed by atoms with E-state index in [2.05, 4.69) is 36.1 Å². The van der Waals surface area contributed by atoms with E-state index >= 15 is 0 Å². The van der Waals surface area contributed by atoms with Crippen LogP contribution in [0.1, 0.15) is 16.5 Å². The standard InChI is InChI=1S/C16H10BrClF2N4OS/c17-14-4-3-13(26-14)10-6-11(24-16(23-10)21-7-22-24)9-5-8(18)1-2-12(9)25-15(19)20/h1-7,11,15H,(H,21,22,23). The molecule has 0 bridgehead atoms. The van der Waals surface area contributed by atoms with Gasteiger partial charge in [0.15, 0.2) is 0 Å². The van der Waals surface area contributed by atoms with Gasteiger partial charge in [-0.15, -0.1) is 11.3 Å². The van der Waals surface area contributed by atoms with Crippen molar-refractivity contribution in [2.24, 2.45) is 0 Å². The van der Waals surface area contributed by atoms with Crippen molar-refractivity contribution in [3.8, 4) is 5.75 Å². The first-order valence-corrected chi connectivity index (χ1v) is 9.38. The first-order chi connectivity index (χ1) is 12.5. The molecule has 0 saturated heterocycles. The largest absolute Gasteiger partial charge is 0.434 e. The lowest BCUT2D eigenvalue weighted by Gasteiger charge is -2.25. The van der Waals surface area contributed by atoms with E-state index in [9.17, 15) is 8.78 Å². The topological polar surface area (TPSA) is 52.0 Å². The molecule has 0 fully saturated rings. The van der Waals surface area contributed by atoms with Gasteiger partial charge in [-0.3, -0.25) is 0 Å². The van der Waals surface area contributed by atoms with Crippen molar-refractivity contribution in [1.82, 2.24) is 14.8 Å². The van der Waals surface area contributed by atoms with Gasteiger partial charge in [-0.25, -0.2) is 4.68 Å². The Morgan fingerprint density at radius 1 is 1.31 bits per heavy atom. The SMILES string of the molecule is FC(F)Oc1ccc(Cl)cc1C1C=C(c2ccc(Br)s2)Nc2ncnn21. The molecule has 134 valence electrons. The Balaban J connectivity index is 1.84. The van der Waals surface area contributed by atoms with E-state index in [4.69, 9.17) is 11.6 Å². The molecule has 1 atom stereocenters. The molecular weight excluding hydrogens is 450 g/mol. The number of rotatable bonds is 4. The average molecular weight is 460 g/mol. The fraction of sp³-hybridized carbons (Fsp3) is 0.125. The van der Waals surface area contributed by atoms with Crippen LogP contribution in [0.3, 0.4) is 0 Å². The number of thiophene rings is 1. The Labute approximate surface area is 164 Å². The second-order valence-electron chi connectivity index (χ2n) is 5.34. The third-order valence-corrected chi connectivity index (χ3v) is 5.64. The van der Waals surface area contributed by atoms with Gasteiger partial charge >= 0.3 is 6.61 Å². The van der Waals surface area contributed by atoms with Crippen LogP contribution in [0.15, 0.2) is 46.5 Å². The van der Waals surface area contributed by atoms with E-state index in [1.165, 1.54) is 29.8 Å². The monoisotopic (exact) mass is 458 g/mol. The molecule has 1 unspecified atom stereocenters. The maximum atomic E-state index is 12.8. The van der Waals surface area contributed by atoms with Crippen molar-refractivity contribution >= 4 is 50.5 Å². The molecule has 0 radical (unpaired) electrons. The Kier molecular flexibility index (Phi) is 4.68. The van der Waals surface area contributed by atoms with Crippen molar-refractivity contribution in [2.45, 2.75) is 12.7 Å². The van der Waals surface area contributed by atoms with Gasteiger partial charge in [0.05, 0.1) is 14.4 Å². The molecule has 3 aromatic rings. The molecule has 3 heterocycles. The molecule has 2 aromatic heterocycles. The Morgan fingerprint density at radius 2 is 2.15 bits per heavy atom. The van der Waals surface area contributed by atoms with Gasteiger partial charge in [0.2, 0.25) is 5.95 Å². The van der Waals surface area contributed by atoms with Crippen LogP contribution in [-0.4, -0.2) is 21.4 Å². The summed E-state index contributed by atoms with van der Waals surface area (Å²) in [6.45, 7) is -2.94. The van der Waals surface area contributed by atoms with Crippen molar-refractivity contribution in [1.29, 1.82) is 0 Å². The van der Waals surface area contributed by atoms with Gasteiger partial charge in [0, 0.05) is 10.6 Å². The van der Waals surface area contributed by atoms with E-state index in [1.807, 2.05) is 18.2 Å². The summed E-state index contributed by atoms with van der Waals surface area (Å²) in [6.07, 6.45) is 3.28. The van der Waals surface area contributed by atoms with Crippen LogP contribution in [0.2, 0.25) is 5.02 Å². The molecule has 0 saturated carbocycles. The molecule has 10 heteroatoms. The van der Waals surface area contributed by atoms with E-state index in [-0.39, 0.29) is 5.75 Å². The Bertz CT molecular complexity index is 990. The van der Waals surface area contributed by atoms with E-state index in [0.717, 1.165) is 14.4 Å². The number of nitrogens with one attached hydrogen (secondary N) is 1. The van der Waals surface area contributed by atoms with Crippen molar-refractivity contribution in [3.63, 3.8) is 0 Å². The highest BCUT2D eigenvalue weighted by Gasteiger charge is 2.27. The summed E-state index contributed by atoms with van der Waals surface area (Å²) in [6, 6.07) is 7.91. The zero-order chi connectivity index (χ0) is 18.3. The summed E-state index contributed by atoms with van der Waals surface area (Å²) in [5, 5.41) is 7.82. The fourth-order valence-corrected chi connectivity index (χ4v) is 4.26. The van der Waals surface area contributed by atoms with Crippen LogP contribution in [0.5, 0.6) is 5.75 Å². The molecule has 1 aliphatic rings. The molecule has 5 nitrogen and oxygen atoms in total. The van der Waals surface area contributed by atoms with E-state index in [1.54, 1.807) is 10.7 Å².